The van der Waals surface area contributed by atoms with Gasteiger partial charge in [0.15, 0.2) is 0 Å². The molecule has 1 aliphatic heterocycles. The summed E-state index contributed by atoms with van der Waals surface area (Å²) in [5.74, 6) is -1.26. The maximum Gasteiger partial charge on any atom is 0.306 e. The number of halogens is 1. The van der Waals surface area contributed by atoms with Gasteiger partial charge in [-0.05, 0) is 36.1 Å². The number of esters is 1. The molecule has 0 saturated heterocycles. The fourth-order valence-electron chi connectivity index (χ4n) is 3.41. The van der Waals surface area contributed by atoms with Gasteiger partial charge in [0, 0.05) is 24.4 Å². The number of nitrogens with one attached hydrogen (secondary N) is 2. The van der Waals surface area contributed by atoms with Crippen LogP contribution in [0.4, 0.5) is 0 Å². The first-order valence-electron chi connectivity index (χ1n) is 10.7. The summed E-state index contributed by atoms with van der Waals surface area (Å²) in [4.78, 5) is 37.5. The first kappa shape index (κ1) is 23.5. The van der Waals surface area contributed by atoms with Crippen LogP contribution in [0.1, 0.15) is 42.9 Å². The molecule has 2 atom stereocenters. The van der Waals surface area contributed by atoms with Crippen LogP contribution in [0.2, 0.25) is 5.02 Å². The van der Waals surface area contributed by atoms with E-state index in [0.29, 0.717) is 24.4 Å². The number of allylic oxidation sites excluding steroid dienone is 2. The van der Waals surface area contributed by atoms with Crippen LogP contribution >= 0.6 is 11.6 Å². The molecule has 0 saturated carbocycles. The van der Waals surface area contributed by atoms with E-state index in [1.807, 2.05) is 54.6 Å². The zero-order valence-corrected chi connectivity index (χ0v) is 18.5. The molecule has 168 valence electrons. The lowest BCUT2D eigenvalue weighted by Gasteiger charge is -2.21. The van der Waals surface area contributed by atoms with Crippen LogP contribution in [0, 0.1) is 5.92 Å². The largest absolute Gasteiger partial charge is 0.456 e. The van der Waals surface area contributed by atoms with Gasteiger partial charge >= 0.3 is 5.97 Å². The van der Waals surface area contributed by atoms with Crippen molar-refractivity contribution >= 4 is 29.4 Å². The average molecular weight is 455 g/mol. The lowest BCUT2D eigenvalue weighted by molar-refractivity contribution is -0.150. The first-order valence-corrected chi connectivity index (χ1v) is 11.1. The van der Waals surface area contributed by atoms with Gasteiger partial charge in [0.1, 0.15) is 6.10 Å². The molecule has 2 aromatic carbocycles. The minimum atomic E-state index is -0.574. The van der Waals surface area contributed by atoms with Gasteiger partial charge in [0.05, 0.1) is 12.5 Å². The normalized spacial score (nSPS) is 19.8. The highest BCUT2D eigenvalue weighted by Gasteiger charge is 2.24. The van der Waals surface area contributed by atoms with Crippen molar-refractivity contribution in [2.75, 3.05) is 6.54 Å². The van der Waals surface area contributed by atoms with E-state index >= 15 is 0 Å². The Morgan fingerprint density at radius 2 is 1.81 bits per heavy atom. The number of cyclic esters (lactones) is 1. The highest BCUT2D eigenvalue weighted by Crippen LogP contribution is 2.19. The number of benzene rings is 2. The number of rotatable bonds is 5. The maximum atomic E-state index is 12.9. The Morgan fingerprint density at radius 3 is 2.56 bits per heavy atom. The standard InChI is InChI=1S/C25H27ClN2O4/c26-21-13-11-18(12-14-21)16-27-23(29)15-20-9-5-2-6-10-24(30)32-22(17-28-25(20)31)19-7-3-1-4-8-19/h1-5,7-8,11-14,20,22H,6,9-10,15-17H2,(H,27,29)(H,28,31). The number of amides is 2. The molecule has 2 unspecified atom stereocenters. The number of ether oxygens (including phenoxy) is 1. The molecule has 0 fully saturated rings. The Hall–Kier alpha value is -3.12. The van der Waals surface area contributed by atoms with Gasteiger partial charge in [-0.25, -0.2) is 0 Å². The van der Waals surface area contributed by atoms with E-state index in [4.69, 9.17) is 16.3 Å². The summed E-state index contributed by atoms with van der Waals surface area (Å²) in [7, 11) is 0. The Labute approximate surface area is 193 Å². The second-order valence-corrected chi connectivity index (χ2v) is 8.12. The first-order chi connectivity index (χ1) is 15.5. The van der Waals surface area contributed by atoms with Crippen LogP contribution in [0.25, 0.3) is 0 Å². The van der Waals surface area contributed by atoms with Gasteiger partial charge < -0.3 is 15.4 Å². The van der Waals surface area contributed by atoms with Gasteiger partial charge in [0.25, 0.3) is 0 Å². The quantitative estimate of drug-likeness (QED) is 0.526. The molecule has 0 aromatic heterocycles. The third-order valence-electron chi connectivity index (χ3n) is 5.21. The number of carbonyl (C=O) groups excluding carboxylic acids is 3. The minimum absolute atomic E-state index is 0.0690. The van der Waals surface area contributed by atoms with Crippen LogP contribution in [0.3, 0.4) is 0 Å². The summed E-state index contributed by atoms with van der Waals surface area (Å²) in [5, 5.41) is 6.35. The smallest absolute Gasteiger partial charge is 0.306 e. The molecule has 6 nitrogen and oxygen atoms in total. The van der Waals surface area contributed by atoms with E-state index in [0.717, 1.165) is 11.1 Å². The van der Waals surface area contributed by atoms with Crippen molar-refractivity contribution in [3.05, 3.63) is 82.9 Å². The molecule has 2 N–H and O–H groups in total. The fourth-order valence-corrected chi connectivity index (χ4v) is 3.54. The zero-order chi connectivity index (χ0) is 22.8. The van der Waals surface area contributed by atoms with Crippen LogP contribution in [-0.4, -0.2) is 24.3 Å². The molecular formula is C25H27ClN2O4. The molecule has 7 heteroatoms. The Balaban J connectivity index is 1.62. The van der Waals surface area contributed by atoms with E-state index in [-0.39, 0.29) is 37.2 Å². The van der Waals surface area contributed by atoms with E-state index < -0.39 is 12.0 Å². The van der Waals surface area contributed by atoms with E-state index in [1.165, 1.54) is 0 Å². The van der Waals surface area contributed by atoms with Crippen molar-refractivity contribution in [2.45, 2.75) is 38.3 Å². The summed E-state index contributed by atoms with van der Waals surface area (Å²) >= 11 is 5.89. The van der Waals surface area contributed by atoms with Crippen LogP contribution in [-0.2, 0) is 25.7 Å². The third kappa shape index (κ3) is 7.54. The molecule has 1 heterocycles. The van der Waals surface area contributed by atoms with Gasteiger partial charge in [0.2, 0.25) is 11.8 Å². The van der Waals surface area contributed by atoms with Gasteiger partial charge in [-0.1, -0.05) is 66.2 Å². The van der Waals surface area contributed by atoms with Crippen molar-refractivity contribution in [3.63, 3.8) is 0 Å². The predicted molar refractivity (Wildman–Crippen MR) is 123 cm³/mol. The van der Waals surface area contributed by atoms with E-state index in [9.17, 15) is 14.4 Å². The monoisotopic (exact) mass is 454 g/mol. The van der Waals surface area contributed by atoms with Crippen molar-refractivity contribution in [3.8, 4) is 0 Å². The highest BCUT2D eigenvalue weighted by molar-refractivity contribution is 6.30. The zero-order valence-electron chi connectivity index (χ0n) is 17.8. The van der Waals surface area contributed by atoms with Gasteiger partial charge in [-0.15, -0.1) is 0 Å². The summed E-state index contributed by atoms with van der Waals surface area (Å²) in [6.07, 6.45) is 4.41. The van der Waals surface area contributed by atoms with E-state index in [1.54, 1.807) is 12.1 Å². The molecule has 2 amide bonds. The van der Waals surface area contributed by atoms with Crippen molar-refractivity contribution in [2.24, 2.45) is 5.92 Å². The maximum absolute atomic E-state index is 12.9. The predicted octanol–water partition coefficient (Wildman–Crippen LogP) is 4.10. The lowest BCUT2D eigenvalue weighted by atomic mass is 9.98. The Morgan fingerprint density at radius 1 is 1.06 bits per heavy atom. The molecule has 0 radical (unpaired) electrons. The molecular weight excluding hydrogens is 428 g/mol. The topological polar surface area (TPSA) is 84.5 Å². The molecule has 2 aromatic rings. The lowest BCUT2D eigenvalue weighted by Crippen LogP contribution is -2.37. The fraction of sp³-hybridized carbons (Fsp3) is 0.320. The van der Waals surface area contributed by atoms with Crippen LogP contribution in [0.15, 0.2) is 66.7 Å². The van der Waals surface area contributed by atoms with E-state index in [2.05, 4.69) is 10.6 Å². The van der Waals surface area contributed by atoms with Crippen molar-refractivity contribution < 1.29 is 19.1 Å². The second-order valence-electron chi connectivity index (χ2n) is 7.68. The number of hydrogen-bond donors (Lipinski definition) is 2. The summed E-state index contributed by atoms with van der Waals surface area (Å²) in [5.41, 5.74) is 1.74. The molecule has 3 rings (SSSR count). The second kappa shape index (κ2) is 12.1. The Bertz CT molecular complexity index is 944. The molecule has 0 bridgehead atoms. The molecule has 1 aliphatic rings. The number of hydrogen-bond acceptors (Lipinski definition) is 4. The van der Waals surface area contributed by atoms with Gasteiger partial charge in [-0.2, -0.15) is 0 Å². The molecule has 32 heavy (non-hydrogen) atoms. The average Bonchev–Trinajstić information content (AvgIpc) is 2.80. The summed E-state index contributed by atoms with van der Waals surface area (Å²) in [6, 6.07) is 16.5. The summed E-state index contributed by atoms with van der Waals surface area (Å²) in [6.45, 7) is 0.521. The van der Waals surface area contributed by atoms with Crippen LogP contribution < -0.4 is 10.6 Å². The summed E-state index contributed by atoms with van der Waals surface area (Å²) < 4.78 is 5.59. The number of carbonyl (C=O) groups is 3. The van der Waals surface area contributed by atoms with Gasteiger partial charge in [-0.3, -0.25) is 14.4 Å². The molecule has 0 aliphatic carbocycles. The highest BCUT2D eigenvalue weighted by atomic mass is 35.5. The van der Waals surface area contributed by atoms with Crippen LogP contribution in [0.5, 0.6) is 0 Å². The third-order valence-corrected chi connectivity index (χ3v) is 5.47. The van der Waals surface area contributed by atoms with Crippen molar-refractivity contribution in [1.82, 2.24) is 10.6 Å². The SMILES string of the molecule is O=C(CC1CC=CCCC(=O)OC(c2ccccc2)CNC1=O)NCc1ccc(Cl)cc1. The molecule has 0 spiro atoms. The Kier molecular flexibility index (Phi) is 8.87. The van der Waals surface area contributed by atoms with Crippen molar-refractivity contribution in [1.29, 1.82) is 0 Å². The minimum Gasteiger partial charge on any atom is -0.456 e.